The topological polar surface area (TPSA) is 54.9 Å². The number of nitrogens with zero attached hydrogens (tertiary/aromatic N) is 2. The first kappa shape index (κ1) is 9.58. The molecule has 0 radical (unpaired) electrons. The van der Waals surface area contributed by atoms with Gasteiger partial charge in [-0.15, -0.1) is 10.2 Å². The summed E-state index contributed by atoms with van der Waals surface area (Å²) in [4.78, 5) is 11.4. The average molecular weight is 211 g/mol. The number of amides is 1. The lowest BCUT2D eigenvalue weighted by molar-refractivity contribution is -0.117. The van der Waals surface area contributed by atoms with E-state index >= 15 is 0 Å². The highest BCUT2D eigenvalue weighted by Gasteiger charge is 2.30. The number of rotatable bonds is 4. The second-order valence-electron chi connectivity index (χ2n) is 3.51. The Morgan fingerprint density at radius 3 is 3.00 bits per heavy atom. The Bertz CT molecular complexity index is 333. The number of carbonyl (C=O) groups excluding carboxylic acids is 1. The monoisotopic (exact) mass is 211 g/mol. The molecule has 0 aliphatic heterocycles. The number of hydrogen-bond acceptors (Lipinski definition) is 4. The van der Waals surface area contributed by atoms with Crippen molar-refractivity contribution < 1.29 is 4.79 Å². The largest absolute Gasteiger partial charge is 0.300 e. The zero-order valence-corrected chi connectivity index (χ0v) is 8.93. The van der Waals surface area contributed by atoms with Gasteiger partial charge in [-0.1, -0.05) is 18.3 Å². The molecule has 4 nitrogen and oxygen atoms in total. The van der Waals surface area contributed by atoms with Crippen molar-refractivity contribution in [3.05, 3.63) is 5.01 Å². The summed E-state index contributed by atoms with van der Waals surface area (Å²) in [6.45, 7) is 2.10. The number of nitrogens with one attached hydrogen (secondary N) is 1. The summed E-state index contributed by atoms with van der Waals surface area (Å²) >= 11 is 1.48. The molecule has 1 aromatic heterocycles. The molecule has 1 heterocycles. The van der Waals surface area contributed by atoms with Gasteiger partial charge in [0.25, 0.3) is 0 Å². The molecule has 1 aromatic rings. The fraction of sp³-hybridized carbons (Fsp3) is 0.667. The molecule has 1 aliphatic rings. The van der Waals surface area contributed by atoms with E-state index in [9.17, 15) is 4.79 Å². The Labute approximate surface area is 86.7 Å². The highest BCUT2D eigenvalue weighted by atomic mass is 32.1. The first-order chi connectivity index (χ1) is 6.79. The van der Waals surface area contributed by atoms with E-state index in [2.05, 4.69) is 22.4 Å². The SMILES string of the molecule is CCCc1nnc(NC(=O)C2CC2)s1. The lowest BCUT2D eigenvalue weighted by atomic mass is 10.4. The molecule has 1 N–H and O–H groups in total. The third-order valence-corrected chi connectivity index (χ3v) is 3.01. The van der Waals surface area contributed by atoms with Gasteiger partial charge in [0.1, 0.15) is 5.01 Å². The number of anilines is 1. The Balaban J connectivity index is 1.91. The van der Waals surface area contributed by atoms with Crippen LogP contribution in [0.2, 0.25) is 0 Å². The second kappa shape index (κ2) is 4.04. The molecule has 0 unspecified atom stereocenters. The molecule has 1 fully saturated rings. The van der Waals surface area contributed by atoms with Gasteiger partial charge >= 0.3 is 0 Å². The second-order valence-corrected chi connectivity index (χ2v) is 4.58. The molecule has 1 aliphatic carbocycles. The van der Waals surface area contributed by atoms with Crippen LogP contribution in [-0.4, -0.2) is 16.1 Å². The van der Waals surface area contributed by atoms with Gasteiger partial charge in [-0.2, -0.15) is 0 Å². The minimum absolute atomic E-state index is 0.101. The highest BCUT2D eigenvalue weighted by molar-refractivity contribution is 7.15. The molecule has 2 rings (SSSR count). The quantitative estimate of drug-likeness (QED) is 0.826. The van der Waals surface area contributed by atoms with Crippen molar-refractivity contribution in [2.75, 3.05) is 5.32 Å². The highest BCUT2D eigenvalue weighted by Crippen LogP contribution is 2.30. The van der Waals surface area contributed by atoms with Gasteiger partial charge in [-0.3, -0.25) is 4.79 Å². The van der Waals surface area contributed by atoms with Crippen LogP contribution >= 0.6 is 11.3 Å². The van der Waals surface area contributed by atoms with E-state index in [-0.39, 0.29) is 11.8 Å². The maximum Gasteiger partial charge on any atom is 0.229 e. The predicted octanol–water partition coefficient (Wildman–Crippen LogP) is 1.84. The van der Waals surface area contributed by atoms with Crippen LogP contribution in [-0.2, 0) is 11.2 Å². The molecule has 76 valence electrons. The van der Waals surface area contributed by atoms with Crippen molar-refractivity contribution in [1.29, 1.82) is 0 Å². The van der Waals surface area contributed by atoms with E-state index in [1.807, 2.05) is 0 Å². The van der Waals surface area contributed by atoms with Crippen LogP contribution in [0.4, 0.5) is 5.13 Å². The minimum atomic E-state index is 0.101. The van der Waals surface area contributed by atoms with Gasteiger partial charge in [-0.25, -0.2) is 0 Å². The van der Waals surface area contributed by atoms with Crippen molar-refractivity contribution in [2.24, 2.45) is 5.92 Å². The Morgan fingerprint density at radius 2 is 2.36 bits per heavy atom. The van der Waals surface area contributed by atoms with Gasteiger partial charge < -0.3 is 5.32 Å². The van der Waals surface area contributed by atoms with E-state index in [1.54, 1.807) is 0 Å². The fourth-order valence-electron chi connectivity index (χ4n) is 1.17. The van der Waals surface area contributed by atoms with Crippen LogP contribution in [0.3, 0.4) is 0 Å². The van der Waals surface area contributed by atoms with Gasteiger partial charge in [0.15, 0.2) is 0 Å². The van der Waals surface area contributed by atoms with E-state index < -0.39 is 0 Å². The fourth-order valence-corrected chi connectivity index (χ4v) is 2.02. The Morgan fingerprint density at radius 1 is 1.57 bits per heavy atom. The molecule has 1 amide bonds. The van der Waals surface area contributed by atoms with Gasteiger partial charge in [0.05, 0.1) is 0 Å². The third-order valence-electron chi connectivity index (χ3n) is 2.11. The Kier molecular flexibility index (Phi) is 2.77. The molecule has 0 spiro atoms. The molecule has 0 bridgehead atoms. The first-order valence-electron chi connectivity index (χ1n) is 4.93. The molecule has 5 heteroatoms. The zero-order valence-electron chi connectivity index (χ0n) is 8.12. The van der Waals surface area contributed by atoms with Gasteiger partial charge in [0, 0.05) is 12.3 Å². The van der Waals surface area contributed by atoms with Crippen LogP contribution in [0, 0.1) is 5.92 Å². The van der Waals surface area contributed by atoms with E-state index in [4.69, 9.17) is 0 Å². The summed E-state index contributed by atoms with van der Waals surface area (Å²) in [5.41, 5.74) is 0. The molecular formula is C9H13N3OS. The summed E-state index contributed by atoms with van der Waals surface area (Å²) in [5.74, 6) is 0.331. The maximum atomic E-state index is 11.4. The summed E-state index contributed by atoms with van der Waals surface area (Å²) in [6, 6.07) is 0. The lowest BCUT2D eigenvalue weighted by Crippen LogP contribution is -2.12. The number of hydrogen-bond donors (Lipinski definition) is 1. The smallest absolute Gasteiger partial charge is 0.229 e. The van der Waals surface area contributed by atoms with Gasteiger partial charge in [0.2, 0.25) is 11.0 Å². The summed E-state index contributed by atoms with van der Waals surface area (Å²) in [5, 5.41) is 12.3. The molecule has 0 atom stereocenters. The van der Waals surface area contributed by atoms with Crippen LogP contribution in [0.25, 0.3) is 0 Å². The van der Waals surface area contributed by atoms with Crippen LogP contribution in [0.1, 0.15) is 31.2 Å². The van der Waals surface area contributed by atoms with Crippen LogP contribution in [0.15, 0.2) is 0 Å². The number of aromatic nitrogens is 2. The zero-order chi connectivity index (χ0) is 9.97. The molecule has 1 saturated carbocycles. The summed E-state index contributed by atoms with van der Waals surface area (Å²) in [6.07, 6.45) is 4.04. The van der Waals surface area contributed by atoms with E-state index in [0.29, 0.717) is 5.13 Å². The van der Waals surface area contributed by atoms with Crippen molar-refractivity contribution in [2.45, 2.75) is 32.6 Å². The Hall–Kier alpha value is -0.970. The van der Waals surface area contributed by atoms with Crippen LogP contribution < -0.4 is 5.32 Å². The maximum absolute atomic E-state index is 11.4. The summed E-state index contributed by atoms with van der Waals surface area (Å²) < 4.78 is 0. The average Bonchev–Trinajstić information content (AvgIpc) is 2.92. The first-order valence-corrected chi connectivity index (χ1v) is 5.74. The van der Waals surface area contributed by atoms with E-state index in [1.165, 1.54) is 11.3 Å². The van der Waals surface area contributed by atoms with Crippen molar-refractivity contribution in [3.8, 4) is 0 Å². The molecular weight excluding hydrogens is 198 g/mol. The lowest BCUT2D eigenvalue weighted by Gasteiger charge is -1.95. The van der Waals surface area contributed by atoms with Gasteiger partial charge in [-0.05, 0) is 19.3 Å². The van der Waals surface area contributed by atoms with Crippen molar-refractivity contribution in [3.63, 3.8) is 0 Å². The van der Waals surface area contributed by atoms with Crippen molar-refractivity contribution in [1.82, 2.24) is 10.2 Å². The number of aryl methyl sites for hydroxylation is 1. The predicted molar refractivity (Wildman–Crippen MR) is 55.3 cm³/mol. The van der Waals surface area contributed by atoms with E-state index in [0.717, 1.165) is 30.7 Å². The third kappa shape index (κ3) is 2.29. The minimum Gasteiger partial charge on any atom is -0.300 e. The molecule has 14 heavy (non-hydrogen) atoms. The summed E-state index contributed by atoms with van der Waals surface area (Å²) in [7, 11) is 0. The van der Waals surface area contributed by atoms with Crippen molar-refractivity contribution >= 4 is 22.4 Å². The standard InChI is InChI=1S/C9H13N3OS/c1-2-3-7-11-12-9(14-7)10-8(13)6-4-5-6/h6H,2-5H2,1H3,(H,10,12,13). The normalized spacial score (nSPS) is 15.5. The van der Waals surface area contributed by atoms with Crippen LogP contribution in [0.5, 0.6) is 0 Å². The molecule has 0 aromatic carbocycles. The number of carbonyl (C=O) groups is 1. The molecule has 0 saturated heterocycles.